The minimum absolute atomic E-state index is 0.0651. The second-order valence-electron chi connectivity index (χ2n) is 7.12. The second kappa shape index (κ2) is 5.41. The zero-order valence-electron chi connectivity index (χ0n) is 14.2. The van der Waals surface area contributed by atoms with Crippen molar-refractivity contribution in [3.63, 3.8) is 0 Å². The standard InChI is InChI=1S/C18H21FN2O3/c1-17(2)14(9-18(17,3)24-4)21-16(23)12-8-15(22)20-13-7-10(19)5-6-11(12)13/h5-8,14H,9H2,1-4H3,(H,20,22)(H,21,23)/t14-,18-/m1/s1. The van der Waals surface area contributed by atoms with Gasteiger partial charge in [-0.15, -0.1) is 0 Å². The fourth-order valence-electron chi connectivity index (χ4n) is 3.38. The van der Waals surface area contributed by atoms with Gasteiger partial charge in [-0.1, -0.05) is 13.8 Å². The molecule has 0 aliphatic heterocycles. The highest BCUT2D eigenvalue weighted by atomic mass is 19.1. The Morgan fingerprint density at radius 2 is 2.04 bits per heavy atom. The van der Waals surface area contributed by atoms with E-state index in [-0.39, 0.29) is 28.5 Å². The van der Waals surface area contributed by atoms with Crippen LogP contribution in [0, 0.1) is 11.2 Å². The van der Waals surface area contributed by atoms with Gasteiger partial charge in [-0.2, -0.15) is 0 Å². The molecule has 128 valence electrons. The van der Waals surface area contributed by atoms with Crippen LogP contribution in [-0.2, 0) is 4.74 Å². The van der Waals surface area contributed by atoms with Gasteiger partial charge in [-0.05, 0) is 31.5 Å². The van der Waals surface area contributed by atoms with Gasteiger partial charge >= 0.3 is 0 Å². The number of aromatic amines is 1. The number of carbonyl (C=O) groups is 1. The van der Waals surface area contributed by atoms with E-state index < -0.39 is 11.4 Å². The Bertz CT molecular complexity index is 874. The molecule has 0 saturated heterocycles. The molecule has 0 radical (unpaired) electrons. The fraction of sp³-hybridized carbons (Fsp3) is 0.444. The van der Waals surface area contributed by atoms with E-state index >= 15 is 0 Å². The van der Waals surface area contributed by atoms with E-state index in [1.54, 1.807) is 7.11 Å². The highest BCUT2D eigenvalue weighted by Crippen LogP contribution is 2.51. The monoisotopic (exact) mass is 332 g/mol. The first-order valence-electron chi connectivity index (χ1n) is 7.86. The smallest absolute Gasteiger partial charge is 0.252 e. The number of benzene rings is 1. The topological polar surface area (TPSA) is 71.2 Å². The first-order chi connectivity index (χ1) is 11.2. The van der Waals surface area contributed by atoms with Gasteiger partial charge < -0.3 is 15.0 Å². The Balaban J connectivity index is 1.92. The van der Waals surface area contributed by atoms with Gasteiger partial charge in [-0.25, -0.2) is 4.39 Å². The first kappa shape index (κ1) is 16.6. The maximum absolute atomic E-state index is 13.4. The Hall–Kier alpha value is -2.21. The number of rotatable bonds is 3. The molecule has 0 bridgehead atoms. The van der Waals surface area contributed by atoms with E-state index in [4.69, 9.17) is 4.74 Å². The van der Waals surface area contributed by atoms with Crippen LogP contribution in [0.4, 0.5) is 4.39 Å². The van der Waals surface area contributed by atoms with Crippen LogP contribution in [-0.4, -0.2) is 29.6 Å². The number of halogens is 1. The minimum atomic E-state index is -0.466. The summed E-state index contributed by atoms with van der Waals surface area (Å²) in [5, 5.41) is 3.49. The lowest BCUT2D eigenvalue weighted by molar-refractivity contribution is -0.177. The maximum Gasteiger partial charge on any atom is 0.252 e. The van der Waals surface area contributed by atoms with Crippen LogP contribution in [0.15, 0.2) is 29.1 Å². The number of hydrogen-bond donors (Lipinski definition) is 2. The van der Waals surface area contributed by atoms with Crippen molar-refractivity contribution in [3.8, 4) is 0 Å². The summed E-state index contributed by atoms with van der Waals surface area (Å²) in [5.41, 5.74) is -0.421. The molecule has 1 amide bonds. The average Bonchev–Trinajstić information content (AvgIpc) is 2.52. The summed E-state index contributed by atoms with van der Waals surface area (Å²) in [7, 11) is 1.67. The van der Waals surface area contributed by atoms with E-state index in [2.05, 4.69) is 10.3 Å². The SMILES string of the molecule is CO[C@]1(C)C[C@@H](NC(=O)c2cc(=O)[nH]c3cc(F)ccc23)C1(C)C. The van der Waals surface area contributed by atoms with Gasteiger partial charge in [0.15, 0.2) is 0 Å². The molecule has 1 heterocycles. The van der Waals surface area contributed by atoms with Crippen LogP contribution in [0.1, 0.15) is 37.6 Å². The van der Waals surface area contributed by atoms with Gasteiger partial charge in [0.05, 0.1) is 16.7 Å². The molecule has 1 saturated carbocycles. The van der Waals surface area contributed by atoms with Crippen molar-refractivity contribution in [2.75, 3.05) is 7.11 Å². The minimum Gasteiger partial charge on any atom is -0.378 e. The number of pyridine rings is 1. The van der Waals surface area contributed by atoms with E-state index in [1.165, 1.54) is 24.3 Å². The number of hydrogen-bond acceptors (Lipinski definition) is 3. The summed E-state index contributed by atoms with van der Waals surface area (Å²) in [4.78, 5) is 27.0. The summed E-state index contributed by atoms with van der Waals surface area (Å²) in [6.45, 7) is 6.09. The predicted molar refractivity (Wildman–Crippen MR) is 89.6 cm³/mol. The van der Waals surface area contributed by atoms with Crippen molar-refractivity contribution in [1.29, 1.82) is 0 Å². The Kier molecular flexibility index (Phi) is 3.75. The van der Waals surface area contributed by atoms with Crippen LogP contribution < -0.4 is 10.9 Å². The van der Waals surface area contributed by atoms with Crippen molar-refractivity contribution in [1.82, 2.24) is 10.3 Å². The van der Waals surface area contributed by atoms with E-state index in [0.29, 0.717) is 17.3 Å². The van der Waals surface area contributed by atoms with Gasteiger partial charge in [0.25, 0.3) is 5.91 Å². The molecule has 1 aliphatic rings. The number of amides is 1. The average molecular weight is 332 g/mol. The molecule has 1 aliphatic carbocycles. The summed E-state index contributed by atoms with van der Waals surface area (Å²) >= 11 is 0. The summed E-state index contributed by atoms with van der Waals surface area (Å²) in [6.07, 6.45) is 0.692. The Morgan fingerprint density at radius 1 is 1.33 bits per heavy atom. The molecule has 5 nitrogen and oxygen atoms in total. The lowest BCUT2D eigenvalue weighted by atomic mass is 9.56. The molecule has 1 aromatic carbocycles. The number of aromatic nitrogens is 1. The number of fused-ring (bicyclic) bond motifs is 1. The zero-order valence-corrected chi connectivity index (χ0v) is 14.2. The molecule has 1 aromatic heterocycles. The molecule has 2 aromatic rings. The number of methoxy groups -OCH3 is 1. The largest absolute Gasteiger partial charge is 0.378 e. The van der Waals surface area contributed by atoms with Crippen LogP contribution in [0.2, 0.25) is 0 Å². The van der Waals surface area contributed by atoms with Gasteiger partial charge in [0.2, 0.25) is 5.56 Å². The lowest BCUT2D eigenvalue weighted by Crippen LogP contribution is -2.68. The summed E-state index contributed by atoms with van der Waals surface area (Å²) < 4.78 is 18.9. The predicted octanol–water partition coefficient (Wildman–Crippen LogP) is 2.60. The highest BCUT2D eigenvalue weighted by Gasteiger charge is 2.58. The Labute approximate surface area is 139 Å². The Morgan fingerprint density at radius 3 is 2.67 bits per heavy atom. The fourth-order valence-corrected chi connectivity index (χ4v) is 3.38. The van der Waals surface area contributed by atoms with Crippen molar-refractivity contribution < 1.29 is 13.9 Å². The number of H-pyrrole nitrogens is 1. The van der Waals surface area contributed by atoms with Crippen molar-refractivity contribution in [2.24, 2.45) is 5.41 Å². The second-order valence-corrected chi connectivity index (χ2v) is 7.12. The third-order valence-electron chi connectivity index (χ3n) is 5.63. The third-order valence-corrected chi connectivity index (χ3v) is 5.63. The lowest BCUT2D eigenvalue weighted by Gasteiger charge is -2.59. The molecule has 2 N–H and O–H groups in total. The van der Waals surface area contributed by atoms with Gasteiger partial charge in [-0.3, -0.25) is 9.59 Å². The molecule has 6 heteroatoms. The zero-order chi connectivity index (χ0) is 17.7. The third kappa shape index (κ3) is 2.41. The van der Waals surface area contributed by atoms with Crippen molar-refractivity contribution in [3.05, 3.63) is 46.0 Å². The number of carbonyl (C=O) groups excluding carboxylic acids is 1. The molecular weight excluding hydrogens is 311 g/mol. The number of ether oxygens (including phenoxy) is 1. The molecule has 2 atom stereocenters. The van der Waals surface area contributed by atoms with E-state index in [1.807, 2.05) is 20.8 Å². The molecule has 3 rings (SSSR count). The number of nitrogens with one attached hydrogen (secondary N) is 2. The van der Waals surface area contributed by atoms with Crippen LogP contribution in [0.25, 0.3) is 10.9 Å². The van der Waals surface area contributed by atoms with Gasteiger partial charge in [0, 0.05) is 30.0 Å². The van der Waals surface area contributed by atoms with Crippen molar-refractivity contribution in [2.45, 2.75) is 38.8 Å². The van der Waals surface area contributed by atoms with E-state index in [0.717, 1.165) is 0 Å². The van der Waals surface area contributed by atoms with Crippen LogP contribution in [0.3, 0.4) is 0 Å². The maximum atomic E-state index is 13.4. The van der Waals surface area contributed by atoms with E-state index in [9.17, 15) is 14.0 Å². The molecular formula is C18H21FN2O3. The molecule has 24 heavy (non-hydrogen) atoms. The summed E-state index contributed by atoms with van der Waals surface area (Å²) in [5.74, 6) is -0.805. The van der Waals surface area contributed by atoms with Gasteiger partial charge in [0.1, 0.15) is 5.82 Å². The van der Waals surface area contributed by atoms with Crippen molar-refractivity contribution >= 4 is 16.8 Å². The molecule has 1 fully saturated rings. The summed E-state index contributed by atoms with van der Waals surface area (Å²) in [6, 6.07) is 5.16. The molecule has 0 spiro atoms. The normalized spacial score (nSPS) is 25.3. The molecule has 0 unspecified atom stereocenters. The quantitative estimate of drug-likeness (QED) is 0.907. The van der Waals surface area contributed by atoms with Crippen LogP contribution >= 0.6 is 0 Å². The highest BCUT2D eigenvalue weighted by molar-refractivity contribution is 6.06. The van der Waals surface area contributed by atoms with Crippen LogP contribution in [0.5, 0.6) is 0 Å². The first-order valence-corrected chi connectivity index (χ1v) is 7.86.